The van der Waals surface area contributed by atoms with Gasteiger partial charge in [-0.2, -0.15) is 0 Å². The van der Waals surface area contributed by atoms with Gasteiger partial charge in [0.2, 0.25) is 5.78 Å². The van der Waals surface area contributed by atoms with Gasteiger partial charge in [-0.05, 0) is 86.7 Å². The van der Waals surface area contributed by atoms with Crippen LogP contribution < -0.4 is 11.5 Å². The number of Topliss-reactive ketones (excluding diaryl/α,β-unsaturated/α-hetero) is 1. The SMILES string of the molecule is CC(=O)OCC(CC1(c2c(I)c(C(N)=O)c(I)c(C(N)=O)c2I)C=CC(C(=O)C(CCCCl)OC(C)=O)=N1)OC(C)=O. The third-order valence-electron chi connectivity index (χ3n) is 5.88. The van der Waals surface area contributed by atoms with Crippen molar-refractivity contribution >= 4 is 121 Å². The van der Waals surface area contributed by atoms with Gasteiger partial charge >= 0.3 is 17.9 Å². The van der Waals surface area contributed by atoms with E-state index in [4.69, 9.17) is 42.3 Å². The lowest BCUT2D eigenvalue weighted by Crippen LogP contribution is -2.36. The van der Waals surface area contributed by atoms with Crippen LogP contribution in [-0.4, -0.2) is 65.9 Å². The van der Waals surface area contributed by atoms with Gasteiger partial charge in [-0.15, -0.1) is 11.6 Å². The molecule has 1 aliphatic heterocycles. The van der Waals surface area contributed by atoms with Crippen LogP contribution >= 0.6 is 79.4 Å². The van der Waals surface area contributed by atoms with Crippen molar-refractivity contribution in [3.63, 3.8) is 0 Å². The van der Waals surface area contributed by atoms with Crippen molar-refractivity contribution < 1.29 is 43.0 Å². The number of hydrogen-bond acceptors (Lipinski definition) is 10. The molecule has 0 aromatic heterocycles. The van der Waals surface area contributed by atoms with Crippen LogP contribution in [0.5, 0.6) is 0 Å². The third kappa shape index (κ3) is 8.84. The Kier molecular flexibility index (Phi) is 13.6. The number of nitrogens with two attached hydrogens (primary N) is 2. The molecule has 0 aliphatic carbocycles. The summed E-state index contributed by atoms with van der Waals surface area (Å²) in [4.78, 5) is 78.8. The van der Waals surface area contributed by atoms with Crippen LogP contribution in [0.25, 0.3) is 0 Å². The predicted molar refractivity (Wildman–Crippen MR) is 177 cm³/mol. The normalized spacial score (nSPS) is 17.2. The largest absolute Gasteiger partial charge is 0.462 e. The summed E-state index contributed by atoms with van der Waals surface area (Å²) in [5.74, 6) is -4.05. The van der Waals surface area contributed by atoms with Crippen LogP contribution in [0, 0.1) is 10.7 Å². The first kappa shape index (κ1) is 36.3. The molecule has 16 heteroatoms. The van der Waals surface area contributed by atoms with E-state index >= 15 is 0 Å². The van der Waals surface area contributed by atoms with E-state index in [9.17, 15) is 28.8 Å². The van der Waals surface area contributed by atoms with Crippen LogP contribution in [0.3, 0.4) is 0 Å². The molecule has 4 N–H and O–H groups in total. The molecule has 2 rings (SSSR count). The van der Waals surface area contributed by atoms with E-state index in [2.05, 4.69) is 0 Å². The minimum Gasteiger partial charge on any atom is -0.462 e. The Morgan fingerprint density at radius 3 is 1.90 bits per heavy atom. The van der Waals surface area contributed by atoms with Crippen LogP contribution in [0.4, 0.5) is 0 Å². The van der Waals surface area contributed by atoms with E-state index in [0.717, 1.165) is 0 Å². The van der Waals surface area contributed by atoms with E-state index in [-0.39, 0.29) is 51.3 Å². The molecule has 228 valence electrons. The molecule has 0 bridgehead atoms. The van der Waals surface area contributed by atoms with Gasteiger partial charge in [0.05, 0.1) is 11.1 Å². The van der Waals surface area contributed by atoms with Gasteiger partial charge in [-0.3, -0.25) is 33.8 Å². The van der Waals surface area contributed by atoms with Gasteiger partial charge in [0.1, 0.15) is 24.0 Å². The van der Waals surface area contributed by atoms with Crippen molar-refractivity contribution in [2.45, 2.75) is 57.8 Å². The molecule has 0 saturated heterocycles. The van der Waals surface area contributed by atoms with Gasteiger partial charge in [-0.1, -0.05) is 6.08 Å². The van der Waals surface area contributed by atoms with Gasteiger partial charge in [-0.25, -0.2) is 0 Å². The maximum absolute atomic E-state index is 13.5. The molecular weight excluding hydrogens is 914 g/mol. The second kappa shape index (κ2) is 15.7. The number of esters is 3. The Balaban J connectivity index is 2.90. The molecule has 1 heterocycles. The highest BCUT2D eigenvalue weighted by molar-refractivity contribution is 14.1. The minimum atomic E-state index is -1.55. The standard InChI is InChI=1S/C26H27ClI3N3O9/c1-11(34)40-10-14(41-12(2)35)9-26(7-6-15(33-26)23(37)16(5-4-8-27)42-13(3)36)19-21(29)17(24(31)38)20(28)18(22(19)30)25(32)39/h6-7,14,16H,4-5,8-10H2,1-3H3,(H2,31,38)(H2,32,39). The number of aliphatic imine (C=N–C) groups is 1. The summed E-state index contributed by atoms with van der Waals surface area (Å²) in [5.41, 5.74) is 10.1. The van der Waals surface area contributed by atoms with Crippen molar-refractivity contribution in [2.75, 3.05) is 12.5 Å². The number of nitrogens with zero attached hydrogens (tertiary/aromatic N) is 1. The third-order valence-corrected chi connectivity index (χ3v) is 9.38. The molecule has 42 heavy (non-hydrogen) atoms. The second-order valence-corrected chi connectivity index (χ2v) is 12.7. The van der Waals surface area contributed by atoms with Crippen molar-refractivity contribution in [3.05, 3.63) is 39.6 Å². The van der Waals surface area contributed by atoms with E-state index in [1.807, 2.05) is 67.8 Å². The van der Waals surface area contributed by atoms with Crippen LogP contribution in [-0.2, 0) is 38.9 Å². The fourth-order valence-electron chi connectivity index (χ4n) is 4.27. The molecule has 0 saturated carbocycles. The van der Waals surface area contributed by atoms with E-state index in [1.165, 1.54) is 26.8 Å². The predicted octanol–water partition coefficient (Wildman–Crippen LogP) is 3.31. The van der Waals surface area contributed by atoms with Crippen molar-refractivity contribution in [1.29, 1.82) is 0 Å². The maximum atomic E-state index is 13.5. The summed E-state index contributed by atoms with van der Waals surface area (Å²) in [7, 11) is 0. The highest BCUT2D eigenvalue weighted by Crippen LogP contribution is 2.45. The zero-order valence-electron chi connectivity index (χ0n) is 22.6. The fraction of sp³-hybridized carbons (Fsp3) is 0.423. The van der Waals surface area contributed by atoms with E-state index in [0.29, 0.717) is 13.6 Å². The average Bonchev–Trinajstić information content (AvgIpc) is 3.27. The number of ether oxygens (including phenoxy) is 3. The number of carbonyl (C=O) groups is 6. The van der Waals surface area contributed by atoms with Crippen molar-refractivity contribution in [3.8, 4) is 0 Å². The molecule has 3 unspecified atom stereocenters. The topological polar surface area (TPSA) is 195 Å². The number of alkyl halides is 1. The zero-order valence-corrected chi connectivity index (χ0v) is 29.9. The summed E-state index contributed by atoms with van der Waals surface area (Å²) in [6.07, 6.45) is 1.03. The maximum Gasteiger partial charge on any atom is 0.303 e. The zero-order chi connectivity index (χ0) is 31.9. The number of benzene rings is 1. The Morgan fingerprint density at radius 1 is 0.905 bits per heavy atom. The Morgan fingerprint density at radius 2 is 1.45 bits per heavy atom. The number of ketones is 1. The Hall–Kier alpha value is -1.87. The second-order valence-electron chi connectivity index (χ2n) is 9.08. The monoisotopic (exact) mass is 941 g/mol. The van der Waals surface area contributed by atoms with Crippen LogP contribution in [0.2, 0.25) is 0 Å². The summed E-state index contributed by atoms with van der Waals surface area (Å²) >= 11 is 11.4. The number of carbonyl (C=O) groups excluding carboxylic acids is 6. The van der Waals surface area contributed by atoms with Crippen molar-refractivity contribution in [1.82, 2.24) is 0 Å². The Labute approximate surface area is 287 Å². The lowest BCUT2D eigenvalue weighted by Gasteiger charge is -2.32. The number of allylic oxidation sites excluding steroid dienone is 1. The van der Waals surface area contributed by atoms with Gasteiger partial charge in [0, 0.05) is 49.3 Å². The quantitative estimate of drug-likeness (QED) is 0.122. The van der Waals surface area contributed by atoms with Crippen LogP contribution in [0.1, 0.15) is 66.3 Å². The first-order valence-corrected chi connectivity index (χ1v) is 16.0. The molecule has 0 fully saturated rings. The highest BCUT2D eigenvalue weighted by Gasteiger charge is 2.44. The van der Waals surface area contributed by atoms with E-state index in [1.54, 1.807) is 6.08 Å². The average molecular weight is 942 g/mol. The molecule has 1 aromatic carbocycles. The smallest absolute Gasteiger partial charge is 0.303 e. The number of hydrogen-bond donors (Lipinski definition) is 2. The lowest BCUT2D eigenvalue weighted by atomic mass is 9.83. The first-order chi connectivity index (χ1) is 19.6. The van der Waals surface area contributed by atoms with Gasteiger partial charge < -0.3 is 25.7 Å². The van der Waals surface area contributed by atoms with Crippen LogP contribution in [0.15, 0.2) is 17.1 Å². The van der Waals surface area contributed by atoms with Gasteiger partial charge in [0.15, 0.2) is 6.10 Å². The number of amides is 2. The highest BCUT2D eigenvalue weighted by atomic mass is 127. The summed E-state index contributed by atoms with van der Waals surface area (Å²) < 4.78 is 16.7. The summed E-state index contributed by atoms with van der Waals surface area (Å²) in [6, 6.07) is 0. The molecule has 3 atom stereocenters. The van der Waals surface area contributed by atoms with Crippen molar-refractivity contribution in [2.24, 2.45) is 16.5 Å². The van der Waals surface area contributed by atoms with Gasteiger partial charge in [0.25, 0.3) is 11.8 Å². The molecular formula is C26H27ClI3N3O9. The lowest BCUT2D eigenvalue weighted by molar-refractivity contribution is -0.157. The molecule has 1 aromatic rings. The molecule has 0 radical (unpaired) electrons. The molecule has 12 nitrogen and oxygen atoms in total. The summed E-state index contributed by atoms with van der Waals surface area (Å²) in [6.45, 7) is 3.18. The fourth-order valence-corrected chi connectivity index (χ4v) is 9.59. The number of primary amides is 2. The first-order valence-electron chi connectivity index (χ1n) is 12.2. The molecule has 1 aliphatic rings. The number of rotatable bonds is 14. The Bertz CT molecular complexity index is 1340. The summed E-state index contributed by atoms with van der Waals surface area (Å²) in [5, 5.41) is 0. The molecule has 0 spiro atoms. The molecule has 2 amide bonds. The minimum absolute atomic E-state index is 0.00657. The number of halogens is 4. The van der Waals surface area contributed by atoms with E-state index < -0.39 is 53.3 Å².